The van der Waals surface area contributed by atoms with Crippen LogP contribution in [0.3, 0.4) is 0 Å². The van der Waals surface area contributed by atoms with E-state index in [1.54, 1.807) is 0 Å². The average Bonchev–Trinajstić information content (AvgIpc) is 3.55. The molecule has 0 N–H and O–H groups in total. The summed E-state index contributed by atoms with van der Waals surface area (Å²) in [5.74, 6) is 0. The number of para-hydroxylation sites is 3. The molecule has 0 amide bonds. The van der Waals surface area contributed by atoms with Crippen molar-refractivity contribution < 1.29 is 0 Å². The summed E-state index contributed by atoms with van der Waals surface area (Å²) in [5, 5.41) is 7.44. The molecule has 0 fully saturated rings. The van der Waals surface area contributed by atoms with Crippen molar-refractivity contribution in [3.05, 3.63) is 206 Å². The lowest BCUT2D eigenvalue weighted by Crippen LogP contribution is -2.10. The fourth-order valence-corrected chi connectivity index (χ4v) is 7.75. The van der Waals surface area contributed by atoms with E-state index in [4.69, 9.17) is 0 Å². The minimum Gasteiger partial charge on any atom is -0.310 e. The number of fused-ring (bicyclic) bond motifs is 5. The highest BCUT2D eigenvalue weighted by Gasteiger charge is 2.18. The zero-order valence-corrected chi connectivity index (χ0v) is 28.5. The van der Waals surface area contributed by atoms with Gasteiger partial charge in [0.05, 0.1) is 11.0 Å². The van der Waals surface area contributed by atoms with Crippen LogP contribution in [0.1, 0.15) is 0 Å². The summed E-state index contributed by atoms with van der Waals surface area (Å²) in [6.45, 7) is 0. The fraction of sp³-hybridized carbons (Fsp3) is 0. The molecule has 0 bridgehead atoms. The van der Waals surface area contributed by atoms with Crippen LogP contribution in [0.4, 0.5) is 17.1 Å². The molecule has 1 heterocycles. The first-order chi connectivity index (χ1) is 25.8. The molecule has 0 aliphatic carbocycles. The predicted molar refractivity (Wildman–Crippen MR) is 221 cm³/mol. The van der Waals surface area contributed by atoms with Gasteiger partial charge in [-0.2, -0.15) is 0 Å². The molecule has 10 aromatic rings. The Balaban J connectivity index is 1.03. The second kappa shape index (κ2) is 12.5. The number of hydrogen-bond acceptors (Lipinski definition) is 1. The van der Waals surface area contributed by atoms with Gasteiger partial charge in [-0.05, 0) is 111 Å². The molecule has 0 aliphatic rings. The van der Waals surface area contributed by atoms with Crippen LogP contribution in [-0.4, -0.2) is 4.57 Å². The lowest BCUT2D eigenvalue weighted by Gasteiger charge is -2.26. The lowest BCUT2D eigenvalue weighted by molar-refractivity contribution is 1.18. The fourth-order valence-electron chi connectivity index (χ4n) is 7.75. The van der Waals surface area contributed by atoms with Gasteiger partial charge in [0.15, 0.2) is 0 Å². The monoisotopic (exact) mass is 662 g/mol. The smallest absolute Gasteiger partial charge is 0.0561 e. The predicted octanol–water partition coefficient (Wildman–Crippen LogP) is 13.9. The molecule has 9 aromatic carbocycles. The van der Waals surface area contributed by atoms with E-state index in [0.29, 0.717) is 0 Å². The average molecular weight is 663 g/mol. The first-order valence-corrected chi connectivity index (χ1v) is 17.8. The van der Waals surface area contributed by atoms with Crippen LogP contribution in [0.2, 0.25) is 0 Å². The molecule has 1 aromatic heterocycles. The molecular formula is C50H34N2. The van der Waals surface area contributed by atoms with Gasteiger partial charge >= 0.3 is 0 Å². The minimum absolute atomic E-state index is 1.11. The third-order valence-corrected chi connectivity index (χ3v) is 10.3. The van der Waals surface area contributed by atoms with Gasteiger partial charge in [0.2, 0.25) is 0 Å². The summed E-state index contributed by atoms with van der Waals surface area (Å²) < 4.78 is 2.38. The molecule has 244 valence electrons. The van der Waals surface area contributed by atoms with Gasteiger partial charge in [0.25, 0.3) is 0 Å². The number of anilines is 3. The summed E-state index contributed by atoms with van der Waals surface area (Å²) in [6.07, 6.45) is 0. The largest absolute Gasteiger partial charge is 0.310 e. The summed E-state index contributed by atoms with van der Waals surface area (Å²) in [6, 6.07) is 74.7. The lowest BCUT2D eigenvalue weighted by atomic mass is 9.97. The number of aromatic nitrogens is 1. The van der Waals surface area contributed by atoms with Gasteiger partial charge in [-0.25, -0.2) is 0 Å². The second-order valence-electron chi connectivity index (χ2n) is 13.4. The van der Waals surface area contributed by atoms with Crippen molar-refractivity contribution in [3.63, 3.8) is 0 Å². The number of nitrogens with zero attached hydrogens (tertiary/aromatic N) is 2. The highest BCUT2D eigenvalue weighted by atomic mass is 15.1. The van der Waals surface area contributed by atoms with Crippen LogP contribution < -0.4 is 4.90 Å². The van der Waals surface area contributed by atoms with E-state index < -0.39 is 0 Å². The van der Waals surface area contributed by atoms with Crippen molar-refractivity contribution in [2.24, 2.45) is 0 Å². The molecule has 0 radical (unpaired) electrons. The number of rotatable bonds is 6. The van der Waals surface area contributed by atoms with Crippen molar-refractivity contribution >= 4 is 60.4 Å². The maximum Gasteiger partial charge on any atom is 0.0561 e. The summed E-state index contributed by atoms with van der Waals surface area (Å²) >= 11 is 0. The van der Waals surface area contributed by atoms with Crippen LogP contribution in [0.25, 0.3) is 71.3 Å². The van der Waals surface area contributed by atoms with E-state index in [2.05, 4.69) is 216 Å². The number of hydrogen-bond donors (Lipinski definition) is 0. The molecule has 0 unspecified atom stereocenters. The van der Waals surface area contributed by atoms with Gasteiger partial charge in [0, 0.05) is 33.5 Å². The normalized spacial score (nSPS) is 11.5. The van der Waals surface area contributed by atoms with Crippen molar-refractivity contribution in [1.82, 2.24) is 4.57 Å². The van der Waals surface area contributed by atoms with Crippen molar-refractivity contribution in [1.29, 1.82) is 0 Å². The zero-order chi connectivity index (χ0) is 34.4. The molecular weight excluding hydrogens is 629 g/mol. The Kier molecular flexibility index (Phi) is 7.18. The molecule has 0 atom stereocenters. The van der Waals surface area contributed by atoms with E-state index in [9.17, 15) is 0 Å². The number of benzene rings is 9. The Bertz CT molecular complexity index is 2890. The maximum atomic E-state index is 2.38. The van der Waals surface area contributed by atoms with E-state index in [-0.39, 0.29) is 0 Å². The quantitative estimate of drug-likeness (QED) is 0.172. The Labute approximate surface area is 303 Å². The van der Waals surface area contributed by atoms with Gasteiger partial charge in [0.1, 0.15) is 0 Å². The molecule has 2 nitrogen and oxygen atoms in total. The Morgan fingerprint density at radius 2 is 0.788 bits per heavy atom. The molecule has 52 heavy (non-hydrogen) atoms. The van der Waals surface area contributed by atoms with Crippen LogP contribution in [0.5, 0.6) is 0 Å². The van der Waals surface area contributed by atoms with Crippen molar-refractivity contribution in [2.75, 3.05) is 4.90 Å². The van der Waals surface area contributed by atoms with Crippen molar-refractivity contribution in [2.45, 2.75) is 0 Å². The van der Waals surface area contributed by atoms with Gasteiger partial charge in [-0.15, -0.1) is 0 Å². The molecule has 0 saturated carbocycles. The SMILES string of the molecule is c1ccc(N(c2ccc3cc(-c4ccc(-c5ccc6ccccc6c5)cc4)ccc3c2)c2ccc3c4ccccc4n(-c4ccccc4)c3c2)cc1. The van der Waals surface area contributed by atoms with Gasteiger partial charge in [-0.3, -0.25) is 0 Å². The van der Waals surface area contributed by atoms with E-state index >= 15 is 0 Å². The zero-order valence-electron chi connectivity index (χ0n) is 28.5. The van der Waals surface area contributed by atoms with Gasteiger partial charge < -0.3 is 9.47 Å². The van der Waals surface area contributed by atoms with Gasteiger partial charge in [-0.1, -0.05) is 140 Å². The highest BCUT2D eigenvalue weighted by Crippen LogP contribution is 2.40. The highest BCUT2D eigenvalue weighted by molar-refractivity contribution is 6.10. The first kappa shape index (κ1) is 30.0. The standard InChI is InChI=1S/C50H34N2/c1-3-13-43(14-4-1)51(46-29-30-48-47-17-9-10-18-49(47)52(50(48)34-46)44-15-5-2-6-16-44)45-28-27-41-32-40(25-26-42(41)33-45)37-21-19-36(20-22-37)39-24-23-35-11-7-8-12-38(35)31-39/h1-34H. The van der Waals surface area contributed by atoms with E-state index in [1.165, 1.54) is 65.6 Å². The summed E-state index contributed by atoms with van der Waals surface area (Å²) in [7, 11) is 0. The molecule has 10 rings (SSSR count). The maximum absolute atomic E-state index is 2.38. The molecule has 0 aliphatic heterocycles. The second-order valence-corrected chi connectivity index (χ2v) is 13.4. The summed E-state index contributed by atoms with van der Waals surface area (Å²) in [4.78, 5) is 2.37. The van der Waals surface area contributed by atoms with Crippen molar-refractivity contribution in [3.8, 4) is 27.9 Å². The third kappa shape index (κ3) is 5.21. The Morgan fingerprint density at radius 3 is 1.54 bits per heavy atom. The Hall–Kier alpha value is -6.90. The molecule has 0 spiro atoms. The van der Waals surface area contributed by atoms with Crippen LogP contribution in [-0.2, 0) is 0 Å². The first-order valence-electron chi connectivity index (χ1n) is 17.8. The van der Waals surface area contributed by atoms with Crippen LogP contribution in [0, 0.1) is 0 Å². The Morgan fingerprint density at radius 1 is 0.288 bits per heavy atom. The van der Waals surface area contributed by atoms with E-state index in [0.717, 1.165) is 22.7 Å². The van der Waals surface area contributed by atoms with E-state index in [1.807, 2.05) is 0 Å². The molecule has 0 saturated heterocycles. The minimum atomic E-state index is 1.11. The third-order valence-electron chi connectivity index (χ3n) is 10.3. The van der Waals surface area contributed by atoms with Crippen LogP contribution in [0.15, 0.2) is 206 Å². The van der Waals surface area contributed by atoms with Crippen LogP contribution >= 0.6 is 0 Å². The topological polar surface area (TPSA) is 8.17 Å². The summed E-state index contributed by atoms with van der Waals surface area (Å²) in [5.41, 5.74) is 11.8. The molecule has 2 heteroatoms.